The van der Waals surface area contributed by atoms with E-state index in [1.54, 1.807) is 0 Å². The summed E-state index contributed by atoms with van der Waals surface area (Å²) in [5.41, 5.74) is 5.25. The van der Waals surface area contributed by atoms with Gasteiger partial charge >= 0.3 is 0 Å². The van der Waals surface area contributed by atoms with Crippen LogP contribution in [0.15, 0.2) is 0 Å². The zero-order valence-electron chi connectivity index (χ0n) is 13.7. The van der Waals surface area contributed by atoms with Gasteiger partial charge in [0, 0.05) is 25.2 Å². The third-order valence-electron chi connectivity index (χ3n) is 3.95. The molecule has 0 atom stereocenters. The van der Waals surface area contributed by atoms with Gasteiger partial charge in [0.2, 0.25) is 5.91 Å². The first kappa shape index (κ1) is 17.4. The van der Waals surface area contributed by atoms with Crippen LogP contribution in [-0.2, 0) is 4.79 Å². The van der Waals surface area contributed by atoms with Crippen molar-refractivity contribution in [1.29, 1.82) is 0 Å². The Labute approximate surface area is 124 Å². The molecule has 118 valence electrons. The second-order valence-electron chi connectivity index (χ2n) is 7.14. The van der Waals surface area contributed by atoms with Crippen molar-refractivity contribution in [2.75, 3.05) is 19.6 Å². The summed E-state index contributed by atoms with van der Waals surface area (Å²) >= 11 is 0. The van der Waals surface area contributed by atoms with E-state index in [1.165, 1.54) is 12.8 Å². The summed E-state index contributed by atoms with van der Waals surface area (Å²) in [6.45, 7) is 11.6. The maximum Gasteiger partial charge on any atom is 0.231 e. The van der Waals surface area contributed by atoms with Crippen LogP contribution in [0.4, 0.5) is 0 Å². The van der Waals surface area contributed by atoms with Gasteiger partial charge in [-0.05, 0) is 37.5 Å². The third kappa shape index (κ3) is 7.25. The predicted molar refractivity (Wildman–Crippen MR) is 84.5 cm³/mol. The topological polar surface area (TPSA) is 58.4 Å². The molecule has 1 rings (SSSR count). The molecule has 0 aromatic rings. The second kappa shape index (κ2) is 8.63. The van der Waals surface area contributed by atoms with Gasteiger partial charge in [0.1, 0.15) is 0 Å². The molecule has 1 amide bonds. The van der Waals surface area contributed by atoms with Gasteiger partial charge in [0.05, 0.1) is 6.54 Å². The first-order chi connectivity index (χ1) is 9.36. The standard InChI is InChI=1S/C16H33N3O/c1-12(2)9-15(10-13(3)4)18-14-5-7-19(8-6-14)11-16(17)20/h12-15,18H,5-11H2,1-4H3,(H2,17,20). The molecule has 0 aliphatic carbocycles. The molecule has 4 heteroatoms. The highest BCUT2D eigenvalue weighted by atomic mass is 16.1. The van der Waals surface area contributed by atoms with E-state index in [4.69, 9.17) is 5.73 Å². The number of carbonyl (C=O) groups is 1. The minimum atomic E-state index is -0.214. The van der Waals surface area contributed by atoms with E-state index < -0.39 is 0 Å². The Balaban J connectivity index is 2.36. The molecule has 4 nitrogen and oxygen atoms in total. The molecule has 1 heterocycles. The number of amides is 1. The van der Waals surface area contributed by atoms with Gasteiger partial charge in [-0.3, -0.25) is 9.69 Å². The smallest absolute Gasteiger partial charge is 0.231 e. The van der Waals surface area contributed by atoms with E-state index in [2.05, 4.69) is 37.9 Å². The third-order valence-corrected chi connectivity index (χ3v) is 3.95. The highest BCUT2D eigenvalue weighted by molar-refractivity contribution is 5.75. The average Bonchev–Trinajstić information content (AvgIpc) is 2.29. The van der Waals surface area contributed by atoms with Crippen LogP contribution in [0.25, 0.3) is 0 Å². The fraction of sp³-hybridized carbons (Fsp3) is 0.938. The van der Waals surface area contributed by atoms with Crippen molar-refractivity contribution in [2.45, 2.75) is 65.5 Å². The van der Waals surface area contributed by atoms with E-state index in [0.29, 0.717) is 18.6 Å². The fourth-order valence-electron chi connectivity index (χ4n) is 3.18. The molecule has 0 unspecified atom stereocenters. The quantitative estimate of drug-likeness (QED) is 0.716. The van der Waals surface area contributed by atoms with Gasteiger partial charge in [0.15, 0.2) is 0 Å². The number of hydrogen-bond acceptors (Lipinski definition) is 3. The SMILES string of the molecule is CC(C)CC(CC(C)C)NC1CCN(CC(N)=O)CC1. The lowest BCUT2D eigenvalue weighted by molar-refractivity contribution is -0.119. The van der Waals surface area contributed by atoms with Crippen LogP contribution in [0.2, 0.25) is 0 Å². The van der Waals surface area contributed by atoms with Crippen LogP contribution in [0.3, 0.4) is 0 Å². The Kier molecular flexibility index (Phi) is 7.52. The summed E-state index contributed by atoms with van der Waals surface area (Å²) < 4.78 is 0. The summed E-state index contributed by atoms with van der Waals surface area (Å²) in [5, 5.41) is 3.85. The first-order valence-electron chi connectivity index (χ1n) is 8.13. The average molecular weight is 283 g/mol. The number of primary amides is 1. The van der Waals surface area contributed by atoms with Gasteiger partial charge in [0.25, 0.3) is 0 Å². The summed E-state index contributed by atoms with van der Waals surface area (Å²) in [5.74, 6) is 1.26. The van der Waals surface area contributed by atoms with Crippen LogP contribution in [0.1, 0.15) is 53.4 Å². The zero-order chi connectivity index (χ0) is 15.1. The van der Waals surface area contributed by atoms with Crippen LogP contribution < -0.4 is 11.1 Å². The monoisotopic (exact) mass is 283 g/mol. The van der Waals surface area contributed by atoms with Crippen molar-refractivity contribution in [1.82, 2.24) is 10.2 Å². The van der Waals surface area contributed by atoms with E-state index in [1.807, 2.05) is 0 Å². The van der Waals surface area contributed by atoms with E-state index in [0.717, 1.165) is 37.8 Å². The summed E-state index contributed by atoms with van der Waals surface area (Å²) in [6.07, 6.45) is 4.75. The molecule has 0 aromatic heterocycles. The number of likely N-dealkylation sites (tertiary alicyclic amines) is 1. The Hall–Kier alpha value is -0.610. The van der Waals surface area contributed by atoms with Gasteiger partial charge in [-0.1, -0.05) is 27.7 Å². The number of piperidine rings is 1. The summed E-state index contributed by atoms with van der Waals surface area (Å²) in [4.78, 5) is 13.1. The summed E-state index contributed by atoms with van der Waals surface area (Å²) in [7, 11) is 0. The molecule has 1 aliphatic heterocycles. The van der Waals surface area contributed by atoms with Crippen molar-refractivity contribution in [3.8, 4) is 0 Å². The lowest BCUT2D eigenvalue weighted by Gasteiger charge is -2.35. The molecule has 20 heavy (non-hydrogen) atoms. The number of carbonyl (C=O) groups excluding carboxylic acids is 1. The Bertz CT molecular complexity index is 273. The van der Waals surface area contributed by atoms with Crippen molar-refractivity contribution in [3.05, 3.63) is 0 Å². The van der Waals surface area contributed by atoms with Crippen molar-refractivity contribution in [3.63, 3.8) is 0 Å². The second-order valence-corrected chi connectivity index (χ2v) is 7.14. The molecular weight excluding hydrogens is 250 g/mol. The number of nitrogens with zero attached hydrogens (tertiary/aromatic N) is 1. The number of nitrogens with one attached hydrogen (secondary N) is 1. The lowest BCUT2D eigenvalue weighted by atomic mass is 9.93. The van der Waals surface area contributed by atoms with E-state index >= 15 is 0 Å². The fourth-order valence-corrected chi connectivity index (χ4v) is 3.18. The van der Waals surface area contributed by atoms with Crippen LogP contribution in [0.5, 0.6) is 0 Å². The van der Waals surface area contributed by atoms with E-state index in [9.17, 15) is 4.79 Å². The van der Waals surface area contributed by atoms with Gasteiger partial charge < -0.3 is 11.1 Å². The Morgan fingerprint density at radius 1 is 1.15 bits per heavy atom. The number of nitrogens with two attached hydrogens (primary N) is 1. The first-order valence-corrected chi connectivity index (χ1v) is 8.13. The van der Waals surface area contributed by atoms with Crippen LogP contribution in [0, 0.1) is 11.8 Å². The maximum absolute atomic E-state index is 10.9. The van der Waals surface area contributed by atoms with Gasteiger partial charge in [-0.15, -0.1) is 0 Å². The highest BCUT2D eigenvalue weighted by Gasteiger charge is 2.23. The molecule has 1 fully saturated rings. The predicted octanol–water partition coefficient (Wildman–Crippen LogP) is 1.99. The molecule has 0 aromatic carbocycles. The minimum Gasteiger partial charge on any atom is -0.369 e. The normalized spacial score (nSPS) is 18.4. The van der Waals surface area contributed by atoms with Crippen LogP contribution in [-0.4, -0.2) is 42.5 Å². The molecule has 0 radical (unpaired) electrons. The van der Waals surface area contributed by atoms with Gasteiger partial charge in [-0.25, -0.2) is 0 Å². The molecule has 3 N–H and O–H groups in total. The van der Waals surface area contributed by atoms with E-state index in [-0.39, 0.29) is 5.91 Å². The molecule has 0 bridgehead atoms. The molecule has 0 spiro atoms. The molecular formula is C16H33N3O. The molecule has 0 saturated carbocycles. The van der Waals surface area contributed by atoms with Crippen molar-refractivity contribution in [2.24, 2.45) is 17.6 Å². The highest BCUT2D eigenvalue weighted by Crippen LogP contribution is 2.17. The summed E-state index contributed by atoms with van der Waals surface area (Å²) in [6, 6.07) is 1.23. The van der Waals surface area contributed by atoms with Crippen molar-refractivity contribution >= 4 is 5.91 Å². The van der Waals surface area contributed by atoms with Crippen LogP contribution >= 0.6 is 0 Å². The Morgan fingerprint density at radius 2 is 1.65 bits per heavy atom. The molecule has 1 saturated heterocycles. The largest absolute Gasteiger partial charge is 0.369 e. The number of hydrogen-bond donors (Lipinski definition) is 2. The van der Waals surface area contributed by atoms with Crippen molar-refractivity contribution < 1.29 is 4.79 Å². The molecule has 1 aliphatic rings. The number of rotatable bonds is 8. The van der Waals surface area contributed by atoms with Gasteiger partial charge in [-0.2, -0.15) is 0 Å². The maximum atomic E-state index is 10.9. The lowest BCUT2D eigenvalue weighted by Crippen LogP contribution is -2.48. The Morgan fingerprint density at radius 3 is 2.05 bits per heavy atom. The zero-order valence-corrected chi connectivity index (χ0v) is 13.7. The minimum absolute atomic E-state index is 0.214.